The maximum absolute atomic E-state index is 12.7. The molecule has 0 aromatic carbocycles. The summed E-state index contributed by atoms with van der Waals surface area (Å²) in [6, 6.07) is 3.56. The molecule has 1 saturated heterocycles. The second kappa shape index (κ2) is 7.38. The number of amides is 1. The molecule has 1 aromatic rings. The molecule has 0 saturated carbocycles. The van der Waals surface area contributed by atoms with Crippen LogP contribution in [0.2, 0.25) is 0 Å². The number of nitrogens with zero attached hydrogens (tertiary/aromatic N) is 2. The van der Waals surface area contributed by atoms with Crippen molar-refractivity contribution in [3.8, 4) is 0 Å². The summed E-state index contributed by atoms with van der Waals surface area (Å²) >= 11 is 0. The van der Waals surface area contributed by atoms with Crippen LogP contribution in [-0.4, -0.2) is 42.6 Å². The molecule has 116 valence electrons. The Balaban J connectivity index is 2.15. The summed E-state index contributed by atoms with van der Waals surface area (Å²) in [7, 11) is 1.70. The molecule has 0 spiro atoms. The smallest absolute Gasteiger partial charge is 0.254 e. The van der Waals surface area contributed by atoms with Gasteiger partial charge in [0, 0.05) is 31.5 Å². The lowest BCUT2D eigenvalue weighted by Gasteiger charge is -2.32. The van der Waals surface area contributed by atoms with Gasteiger partial charge < -0.3 is 15.1 Å². The number of carbonyl (C=O) groups excluding carboxylic acids is 1. The third-order valence-electron chi connectivity index (χ3n) is 3.84. The van der Waals surface area contributed by atoms with Gasteiger partial charge in [0.15, 0.2) is 0 Å². The molecule has 0 aliphatic carbocycles. The average molecular weight is 292 g/mol. The molecule has 1 aromatic heterocycles. The molecule has 0 radical (unpaired) electrons. The Kier molecular flexibility index (Phi) is 5.52. The van der Waals surface area contributed by atoms with E-state index in [-0.39, 0.29) is 5.91 Å². The van der Waals surface area contributed by atoms with E-state index in [9.17, 15) is 4.79 Å². The first-order valence-electron chi connectivity index (χ1n) is 7.43. The van der Waals surface area contributed by atoms with E-state index < -0.39 is 0 Å². The number of aryl methyl sites for hydroxylation is 1. The van der Waals surface area contributed by atoms with Gasteiger partial charge in [0.25, 0.3) is 5.91 Å². The fourth-order valence-electron chi connectivity index (χ4n) is 2.77. The zero-order valence-electron chi connectivity index (χ0n) is 12.8. The topological polar surface area (TPSA) is 80.5 Å². The van der Waals surface area contributed by atoms with Crippen LogP contribution in [0.4, 0.5) is 5.82 Å². The van der Waals surface area contributed by atoms with Crippen molar-refractivity contribution >= 4 is 11.7 Å². The third kappa shape index (κ3) is 3.92. The van der Waals surface area contributed by atoms with Gasteiger partial charge in [-0.3, -0.25) is 4.79 Å². The monoisotopic (exact) mass is 292 g/mol. The summed E-state index contributed by atoms with van der Waals surface area (Å²) in [4.78, 5) is 18.9. The van der Waals surface area contributed by atoms with Crippen molar-refractivity contribution in [2.75, 3.05) is 32.2 Å². The van der Waals surface area contributed by atoms with Crippen LogP contribution < -0.4 is 11.3 Å². The van der Waals surface area contributed by atoms with Crippen molar-refractivity contribution in [2.45, 2.75) is 26.2 Å². The number of pyridine rings is 1. The van der Waals surface area contributed by atoms with Gasteiger partial charge in [0.1, 0.15) is 5.82 Å². The van der Waals surface area contributed by atoms with Gasteiger partial charge in [-0.1, -0.05) is 6.92 Å². The van der Waals surface area contributed by atoms with Gasteiger partial charge in [-0.25, -0.2) is 10.8 Å². The van der Waals surface area contributed by atoms with Crippen molar-refractivity contribution < 1.29 is 9.53 Å². The van der Waals surface area contributed by atoms with Gasteiger partial charge in [-0.05, 0) is 37.3 Å². The van der Waals surface area contributed by atoms with E-state index in [1.807, 2.05) is 17.9 Å². The fraction of sp³-hybridized carbons (Fsp3) is 0.600. The number of hydrogen-bond acceptors (Lipinski definition) is 5. The first-order valence-corrected chi connectivity index (χ1v) is 7.43. The lowest BCUT2D eigenvalue weighted by atomic mass is 9.98. The number of rotatable bonds is 5. The van der Waals surface area contributed by atoms with Crippen LogP contribution in [0.15, 0.2) is 12.1 Å². The Morgan fingerprint density at radius 3 is 3.05 bits per heavy atom. The van der Waals surface area contributed by atoms with Crippen LogP contribution in [0.3, 0.4) is 0 Å². The Labute approximate surface area is 125 Å². The molecule has 2 heterocycles. The lowest BCUT2D eigenvalue weighted by molar-refractivity contribution is 0.0571. The molecule has 6 nitrogen and oxygen atoms in total. The van der Waals surface area contributed by atoms with Crippen molar-refractivity contribution in [2.24, 2.45) is 11.8 Å². The van der Waals surface area contributed by atoms with E-state index in [0.717, 1.165) is 38.0 Å². The largest absolute Gasteiger partial charge is 0.384 e. The van der Waals surface area contributed by atoms with Crippen LogP contribution in [0.5, 0.6) is 0 Å². The molecule has 2 rings (SSSR count). The van der Waals surface area contributed by atoms with Crippen LogP contribution in [0.25, 0.3) is 0 Å². The zero-order chi connectivity index (χ0) is 15.2. The number of ether oxygens (including phenoxy) is 1. The van der Waals surface area contributed by atoms with Crippen molar-refractivity contribution in [3.05, 3.63) is 23.4 Å². The molecule has 0 bridgehead atoms. The molecule has 1 aliphatic heterocycles. The number of hydrazine groups is 1. The summed E-state index contributed by atoms with van der Waals surface area (Å²) in [5.41, 5.74) is 4.03. The molecule has 1 aliphatic rings. The van der Waals surface area contributed by atoms with E-state index in [0.29, 0.717) is 23.9 Å². The Bertz CT molecular complexity index is 468. The maximum atomic E-state index is 12.7. The highest BCUT2D eigenvalue weighted by molar-refractivity contribution is 5.95. The highest BCUT2D eigenvalue weighted by Gasteiger charge is 2.25. The number of methoxy groups -OCH3 is 1. The summed E-state index contributed by atoms with van der Waals surface area (Å²) in [6.45, 7) is 4.26. The van der Waals surface area contributed by atoms with Gasteiger partial charge in [-0.2, -0.15) is 0 Å². The maximum Gasteiger partial charge on any atom is 0.254 e. The Morgan fingerprint density at radius 2 is 2.38 bits per heavy atom. The molecule has 1 unspecified atom stereocenters. The number of nitrogens with one attached hydrogen (secondary N) is 1. The van der Waals surface area contributed by atoms with E-state index in [1.165, 1.54) is 0 Å². The second-order valence-corrected chi connectivity index (χ2v) is 5.45. The number of likely N-dealkylation sites (tertiary alicyclic amines) is 1. The summed E-state index contributed by atoms with van der Waals surface area (Å²) in [5, 5.41) is 0. The SMILES string of the molecule is CCc1cc(C(=O)N2CCCC(COC)C2)cc(NN)n1. The Hall–Kier alpha value is -1.66. The summed E-state index contributed by atoms with van der Waals surface area (Å²) in [5.74, 6) is 6.43. The molecule has 1 fully saturated rings. The molecule has 1 atom stereocenters. The van der Waals surface area contributed by atoms with Gasteiger partial charge in [-0.15, -0.1) is 0 Å². The highest BCUT2D eigenvalue weighted by atomic mass is 16.5. The van der Waals surface area contributed by atoms with Crippen LogP contribution in [0, 0.1) is 5.92 Å². The predicted molar refractivity (Wildman–Crippen MR) is 81.9 cm³/mol. The minimum Gasteiger partial charge on any atom is -0.384 e. The number of piperidine rings is 1. The number of carbonyl (C=O) groups is 1. The molecular formula is C15H24N4O2. The standard InChI is InChI=1S/C15H24N4O2/c1-3-13-7-12(8-14(17-13)18-16)15(20)19-6-4-5-11(9-19)10-21-2/h7-8,11H,3-6,9-10,16H2,1-2H3,(H,17,18). The molecular weight excluding hydrogens is 268 g/mol. The number of hydrogen-bond donors (Lipinski definition) is 2. The minimum atomic E-state index is 0.0457. The number of anilines is 1. The minimum absolute atomic E-state index is 0.0457. The van der Waals surface area contributed by atoms with E-state index >= 15 is 0 Å². The summed E-state index contributed by atoms with van der Waals surface area (Å²) in [6.07, 6.45) is 2.90. The highest BCUT2D eigenvalue weighted by Crippen LogP contribution is 2.20. The normalized spacial score (nSPS) is 18.6. The average Bonchev–Trinajstić information content (AvgIpc) is 2.54. The first-order chi connectivity index (χ1) is 10.2. The van der Waals surface area contributed by atoms with Crippen molar-refractivity contribution in [1.29, 1.82) is 0 Å². The van der Waals surface area contributed by atoms with Gasteiger partial charge in [0.05, 0.1) is 6.61 Å². The Morgan fingerprint density at radius 1 is 1.57 bits per heavy atom. The summed E-state index contributed by atoms with van der Waals surface area (Å²) < 4.78 is 5.21. The molecule has 6 heteroatoms. The zero-order valence-corrected chi connectivity index (χ0v) is 12.8. The van der Waals surface area contributed by atoms with Gasteiger partial charge >= 0.3 is 0 Å². The lowest BCUT2D eigenvalue weighted by Crippen LogP contribution is -2.41. The fourth-order valence-corrected chi connectivity index (χ4v) is 2.77. The molecule has 1 amide bonds. The third-order valence-corrected chi connectivity index (χ3v) is 3.84. The van der Waals surface area contributed by atoms with Crippen molar-refractivity contribution in [1.82, 2.24) is 9.88 Å². The molecule has 3 N–H and O–H groups in total. The predicted octanol–water partition coefficient (Wildman–Crippen LogP) is 1.43. The van der Waals surface area contributed by atoms with Crippen LogP contribution >= 0.6 is 0 Å². The number of nitrogen functional groups attached to an aromatic ring is 1. The quantitative estimate of drug-likeness (QED) is 0.634. The second-order valence-electron chi connectivity index (χ2n) is 5.45. The first kappa shape index (κ1) is 15.7. The van der Waals surface area contributed by atoms with Crippen LogP contribution in [-0.2, 0) is 11.2 Å². The van der Waals surface area contributed by atoms with Crippen molar-refractivity contribution in [3.63, 3.8) is 0 Å². The number of aromatic nitrogens is 1. The van der Waals surface area contributed by atoms with E-state index in [4.69, 9.17) is 10.6 Å². The van der Waals surface area contributed by atoms with Crippen LogP contribution in [0.1, 0.15) is 35.8 Å². The van der Waals surface area contributed by atoms with Gasteiger partial charge in [0.2, 0.25) is 0 Å². The number of nitrogens with two attached hydrogens (primary N) is 1. The molecule has 21 heavy (non-hydrogen) atoms. The van der Waals surface area contributed by atoms with E-state index in [1.54, 1.807) is 13.2 Å². The van der Waals surface area contributed by atoms with E-state index in [2.05, 4.69) is 10.4 Å².